The van der Waals surface area contributed by atoms with E-state index in [1.54, 1.807) is 0 Å². The fourth-order valence-electron chi connectivity index (χ4n) is 2.97. The summed E-state index contributed by atoms with van der Waals surface area (Å²) in [6.45, 7) is 10.9. The zero-order chi connectivity index (χ0) is 11.1. The van der Waals surface area contributed by atoms with Crippen LogP contribution in [0.2, 0.25) is 0 Å². The summed E-state index contributed by atoms with van der Waals surface area (Å²) in [5.74, 6) is 2.05. The second-order valence-corrected chi connectivity index (χ2v) is 5.24. The van der Waals surface area contributed by atoms with Crippen LogP contribution in [0.3, 0.4) is 0 Å². The van der Waals surface area contributed by atoms with Gasteiger partial charge in [-0.2, -0.15) is 0 Å². The topological polar surface area (TPSA) is 3.24 Å². The molecule has 0 unspecified atom stereocenters. The van der Waals surface area contributed by atoms with Crippen molar-refractivity contribution in [3.63, 3.8) is 0 Å². The first-order valence-electron chi connectivity index (χ1n) is 7.00. The van der Waals surface area contributed by atoms with Gasteiger partial charge in [-0.05, 0) is 50.7 Å². The van der Waals surface area contributed by atoms with E-state index in [1.165, 1.54) is 58.2 Å². The van der Waals surface area contributed by atoms with Gasteiger partial charge < -0.3 is 4.90 Å². The van der Waals surface area contributed by atoms with Crippen molar-refractivity contribution in [2.45, 2.75) is 59.3 Å². The van der Waals surface area contributed by atoms with E-state index in [2.05, 4.69) is 25.7 Å². The van der Waals surface area contributed by atoms with E-state index in [-0.39, 0.29) is 0 Å². The largest absolute Gasteiger partial charge is 0.304 e. The molecule has 90 valence electrons. The van der Waals surface area contributed by atoms with Crippen LogP contribution in [0, 0.1) is 11.8 Å². The van der Waals surface area contributed by atoms with Gasteiger partial charge >= 0.3 is 0 Å². The molecule has 0 aromatic rings. The molecule has 0 amide bonds. The molecule has 0 aliphatic heterocycles. The van der Waals surface area contributed by atoms with Crippen LogP contribution in [0.1, 0.15) is 59.3 Å². The van der Waals surface area contributed by atoms with E-state index in [0.717, 1.165) is 11.8 Å². The summed E-state index contributed by atoms with van der Waals surface area (Å²) in [5, 5.41) is 0. The number of hydrogen-bond acceptors (Lipinski definition) is 1. The summed E-state index contributed by atoms with van der Waals surface area (Å²) in [6.07, 6.45) is 8.66. The predicted molar refractivity (Wildman–Crippen MR) is 68.1 cm³/mol. The lowest BCUT2D eigenvalue weighted by Gasteiger charge is -2.21. The highest BCUT2D eigenvalue weighted by molar-refractivity contribution is 4.74. The van der Waals surface area contributed by atoms with Crippen LogP contribution in [0.15, 0.2) is 0 Å². The molecule has 15 heavy (non-hydrogen) atoms. The normalized spacial score (nSPS) is 26.4. The van der Waals surface area contributed by atoms with E-state index in [1.807, 2.05) is 0 Å². The molecule has 0 saturated heterocycles. The molecule has 1 heteroatoms. The molecular weight excluding hydrogens is 182 g/mol. The molecule has 0 N–H and O–H groups in total. The fraction of sp³-hybridized carbons (Fsp3) is 1.00. The maximum absolute atomic E-state index is 2.60. The third kappa shape index (κ3) is 4.55. The van der Waals surface area contributed by atoms with Crippen LogP contribution < -0.4 is 0 Å². The standard InChI is InChI=1S/C14H29N/c1-4-11-15(5-2)12-7-10-14-9-6-8-13(14)3/h13-14H,4-12H2,1-3H3/t13-,14-/m1/s1. The summed E-state index contributed by atoms with van der Waals surface area (Å²) in [7, 11) is 0. The van der Waals surface area contributed by atoms with Crippen LogP contribution in [0.4, 0.5) is 0 Å². The fourth-order valence-corrected chi connectivity index (χ4v) is 2.97. The Morgan fingerprint density at radius 1 is 1.13 bits per heavy atom. The molecule has 1 rings (SSSR count). The molecular formula is C14H29N. The SMILES string of the molecule is CCCN(CC)CCC[C@H]1CCC[C@H]1C. The Hall–Kier alpha value is -0.0400. The summed E-state index contributed by atoms with van der Waals surface area (Å²) in [6, 6.07) is 0. The van der Waals surface area contributed by atoms with Crippen molar-refractivity contribution >= 4 is 0 Å². The minimum Gasteiger partial charge on any atom is -0.304 e. The van der Waals surface area contributed by atoms with Crippen LogP contribution in [-0.2, 0) is 0 Å². The second kappa shape index (κ2) is 7.27. The minimum absolute atomic E-state index is 1.01. The first-order chi connectivity index (χ1) is 7.27. The van der Waals surface area contributed by atoms with Crippen molar-refractivity contribution in [2.75, 3.05) is 19.6 Å². The van der Waals surface area contributed by atoms with Gasteiger partial charge in [0.2, 0.25) is 0 Å². The molecule has 1 nitrogen and oxygen atoms in total. The highest BCUT2D eigenvalue weighted by atomic mass is 15.1. The molecule has 1 aliphatic rings. The predicted octanol–water partition coefficient (Wildman–Crippen LogP) is 3.93. The van der Waals surface area contributed by atoms with Gasteiger partial charge in [0.1, 0.15) is 0 Å². The third-order valence-electron chi connectivity index (χ3n) is 4.08. The van der Waals surface area contributed by atoms with Crippen molar-refractivity contribution in [3.8, 4) is 0 Å². The van der Waals surface area contributed by atoms with Gasteiger partial charge in [0.15, 0.2) is 0 Å². The van der Waals surface area contributed by atoms with Crippen molar-refractivity contribution in [1.29, 1.82) is 0 Å². The molecule has 1 aliphatic carbocycles. The van der Waals surface area contributed by atoms with Crippen LogP contribution in [0.25, 0.3) is 0 Å². The lowest BCUT2D eigenvalue weighted by molar-refractivity contribution is 0.265. The van der Waals surface area contributed by atoms with Crippen LogP contribution in [-0.4, -0.2) is 24.5 Å². The quantitative estimate of drug-likeness (QED) is 0.616. The van der Waals surface area contributed by atoms with Crippen molar-refractivity contribution in [1.82, 2.24) is 4.90 Å². The molecule has 0 heterocycles. The average Bonchev–Trinajstić information content (AvgIpc) is 2.63. The van der Waals surface area contributed by atoms with Gasteiger partial charge in [-0.3, -0.25) is 0 Å². The Balaban J connectivity index is 2.08. The smallest absolute Gasteiger partial charge is 0.00188 e. The maximum Gasteiger partial charge on any atom is -0.00188 e. The Morgan fingerprint density at radius 3 is 2.47 bits per heavy atom. The van der Waals surface area contributed by atoms with Gasteiger partial charge in [0.25, 0.3) is 0 Å². The van der Waals surface area contributed by atoms with E-state index in [0.29, 0.717) is 0 Å². The molecule has 0 radical (unpaired) electrons. The first kappa shape index (κ1) is 13.0. The van der Waals surface area contributed by atoms with E-state index < -0.39 is 0 Å². The molecule has 1 saturated carbocycles. The summed E-state index contributed by atoms with van der Waals surface area (Å²) in [5.41, 5.74) is 0. The minimum atomic E-state index is 1.01. The van der Waals surface area contributed by atoms with Crippen molar-refractivity contribution in [3.05, 3.63) is 0 Å². The van der Waals surface area contributed by atoms with Crippen molar-refractivity contribution in [2.24, 2.45) is 11.8 Å². The summed E-state index contributed by atoms with van der Waals surface area (Å²) < 4.78 is 0. The van der Waals surface area contributed by atoms with Gasteiger partial charge in [0.05, 0.1) is 0 Å². The number of hydrogen-bond donors (Lipinski definition) is 0. The van der Waals surface area contributed by atoms with Crippen LogP contribution >= 0.6 is 0 Å². The Labute approximate surface area is 96.2 Å². The lowest BCUT2D eigenvalue weighted by atomic mass is 9.93. The number of nitrogens with zero attached hydrogens (tertiary/aromatic N) is 1. The molecule has 1 fully saturated rings. The molecule has 0 bridgehead atoms. The monoisotopic (exact) mass is 211 g/mol. The third-order valence-corrected chi connectivity index (χ3v) is 4.08. The molecule has 0 spiro atoms. The van der Waals surface area contributed by atoms with Crippen LogP contribution in [0.5, 0.6) is 0 Å². The number of rotatable bonds is 7. The van der Waals surface area contributed by atoms with Gasteiger partial charge in [-0.1, -0.05) is 40.0 Å². The summed E-state index contributed by atoms with van der Waals surface area (Å²) >= 11 is 0. The Bertz CT molecular complexity index is 155. The highest BCUT2D eigenvalue weighted by Gasteiger charge is 2.22. The van der Waals surface area contributed by atoms with Gasteiger partial charge in [-0.25, -0.2) is 0 Å². The average molecular weight is 211 g/mol. The lowest BCUT2D eigenvalue weighted by Crippen LogP contribution is -2.25. The van der Waals surface area contributed by atoms with Crippen molar-refractivity contribution < 1.29 is 0 Å². The van der Waals surface area contributed by atoms with Gasteiger partial charge in [0, 0.05) is 0 Å². The molecule has 0 aromatic heterocycles. The zero-order valence-electron chi connectivity index (χ0n) is 11.0. The molecule has 0 aromatic carbocycles. The van der Waals surface area contributed by atoms with Gasteiger partial charge in [-0.15, -0.1) is 0 Å². The first-order valence-corrected chi connectivity index (χ1v) is 7.00. The molecule has 2 atom stereocenters. The van der Waals surface area contributed by atoms with E-state index in [4.69, 9.17) is 0 Å². The zero-order valence-corrected chi connectivity index (χ0v) is 11.0. The Kier molecular flexibility index (Phi) is 6.31. The van der Waals surface area contributed by atoms with E-state index in [9.17, 15) is 0 Å². The second-order valence-electron chi connectivity index (χ2n) is 5.24. The Morgan fingerprint density at radius 2 is 1.93 bits per heavy atom. The highest BCUT2D eigenvalue weighted by Crippen LogP contribution is 2.34. The van der Waals surface area contributed by atoms with E-state index >= 15 is 0 Å². The maximum atomic E-state index is 2.60. The summed E-state index contributed by atoms with van der Waals surface area (Å²) in [4.78, 5) is 2.60.